The number of hydrogen-bond donors (Lipinski definition) is 0. The van der Waals surface area contributed by atoms with E-state index in [4.69, 9.17) is 0 Å². The Balaban J connectivity index is 2.12. The van der Waals surface area contributed by atoms with E-state index in [-0.39, 0.29) is 19.1 Å². The number of hydrogen-bond acceptors (Lipinski definition) is 5. The van der Waals surface area contributed by atoms with E-state index in [0.717, 1.165) is 4.31 Å². The van der Waals surface area contributed by atoms with Crippen LogP contribution in [0.25, 0.3) is 0 Å². The van der Waals surface area contributed by atoms with E-state index in [0.29, 0.717) is 12.4 Å². The number of rotatable bonds is 2. The zero-order valence-electron chi connectivity index (χ0n) is 9.32. The highest BCUT2D eigenvalue weighted by molar-refractivity contribution is 7.83. The zero-order valence-corrected chi connectivity index (χ0v) is 10.1. The molecule has 0 saturated carbocycles. The van der Waals surface area contributed by atoms with Gasteiger partial charge in [0.25, 0.3) is 0 Å². The summed E-state index contributed by atoms with van der Waals surface area (Å²) in [6.45, 7) is 2.48. The van der Waals surface area contributed by atoms with Crippen LogP contribution in [0, 0.1) is 0 Å². The van der Waals surface area contributed by atoms with Gasteiger partial charge in [-0.05, 0) is 6.92 Å². The summed E-state index contributed by atoms with van der Waals surface area (Å²) in [5.41, 5.74) is 0. The van der Waals surface area contributed by atoms with Gasteiger partial charge in [0.1, 0.15) is 5.82 Å². The molecule has 1 aliphatic heterocycles. The molecule has 2 heterocycles. The van der Waals surface area contributed by atoms with Crippen molar-refractivity contribution in [1.82, 2.24) is 14.3 Å². The Kier molecular flexibility index (Phi) is 3.25. The highest BCUT2D eigenvalue weighted by Gasteiger charge is 2.31. The van der Waals surface area contributed by atoms with Gasteiger partial charge in [-0.25, -0.2) is 4.98 Å². The number of nitrogens with zero attached hydrogens (tertiary/aromatic N) is 4. The normalized spacial score (nSPS) is 22.7. The molecule has 0 spiro atoms. The summed E-state index contributed by atoms with van der Waals surface area (Å²) in [6.07, 6.45) is 4.74. The molecule has 0 amide bonds. The standard InChI is InChI=1S/C9H13FN4O2S/c1-8-7-13(17(10,15)16)4-5-14(8)9-6-11-2-3-12-9/h2-3,6,8H,4-5,7H2,1H3. The van der Waals surface area contributed by atoms with Crippen molar-refractivity contribution in [2.75, 3.05) is 24.5 Å². The van der Waals surface area contributed by atoms with Gasteiger partial charge in [0.15, 0.2) is 0 Å². The summed E-state index contributed by atoms with van der Waals surface area (Å²) >= 11 is 0. The molecule has 0 N–H and O–H groups in total. The Morgan fingerprint density at radius 1 is 1.41 bits per heavy atom. The monoisotopic (exact) mass is 260 g/mol. The van der Waals surface area contributed by atoms with E-state index in [9.17, 15) is 12.3 Å². The van der Waals surface area contributed by atoms with E-state index in [1.54, 1.807) is 18.6 Å². The Morgan fingerprint density at radius 2 is 2.18 bits per heavy atom. The average Bonchev–Trinajstić information content (AvgIpc) is 2.29. The molecule has 0 radical (unpaired) electrons. The lowest BCUT2D eigenvalue weighted by Gasteiger charge is -2.38. The van der Waals surface area contributed by atoms with Crippen molar-refractivity contribution < 1.29 is 12.3 Å². The summed E-state index contributed by atoms with van der Waals surface area (Å²) in [4.78, 5) is 10.0. The first-order valence-electron chi connectivity index (χ1n) is 5.21. The second-order valence-corrected chi connectivity index (χ2v) is 5.25. The van der Waals surface area contributed by atoms with Gasteiger partial charge in [-0.3, -0.25) is 4.98 Å². The van der Waals surface area contributed by atoms with E-state index < -0.39 is 10.4 Å². The molecule has 1 aromatic heterocycles. The Morgan fingerprint density at radius 3 is 2.71 bits per heavy atom. The molecule has 1 unspecified atom stereocenters. The molecule has 94 valence electrons. The molecular weight excluding hydrogens is 247 g/mol. The van der Waals surface area contributed by atoms with Crippen LogP contribution in [0.1, 0.15) is 6.92 Å². The van der Waals surface area contributed by atoms with E-state index in [1.165, 1.54) is 0 Å². The summed E-state index contributed by atoms with van der Waals surface area (Å²) in [5, 5.41) is 0. The topological polar surface area (TPSA) is 66.4 Å². The quantitative estimate of drug-likeness (QED) is 0.711. The van der Waals surface area contributed by atoms with Crippen molar-refractivity contribution in [2.24, 2.45) is 0 Å². The molecule has 1 aromatic rings. The first-order valence-corrected chi connectivity index (χ1v) is 6.55. The van der Waals surface area contributed by atoms with Crippen LogP contribution in [-0.2, 0) is 10.4 Å². The van der Waals surface area contributed by atoms with Crippen LogP contribution in [0.15, 0.2) is 18.6 Å². The Labute approximate surface area is 99.4 Å². The van der Waals surface area contributed by atoms with Gasteiger partial charge in [-0.15, -0.1) is 0 Å². The summed E-state index contributed by atoms with van der Waals surface area (Å²) in [6, 6.07) is -0.133. The first-order chi connectivity index (χ1) is 7.98. The lowest BCUT2D eigenvalue weighted by molar-refractivity contribution is 0.325. The van der Waals surface area contributed by atoms with Crippen molar-refractivity contribution in [3.05, 3.63) is 18.6 Å². The third-order valence-electron chi connectivity index (χ3n) is 2.74. The molecule has 0 bridgehead atoms. The Bertz CT molecular complexity index is 481. The fourth-order valence-corrected chi connectivity index (χ4v) is 2.60. The fourth-order valence-electron chi connectivity index (χ4n) is 1.90. The number of anilines is 1. The first kappa shape index (κ1) is 12.2. The molecule has 1 fully saturated rings. The minimum Gasteiger partial charge on any atom is -0.350 e. The fraction of sp³-hybridized carbons (Fsp3) is 0.556. The molecule has 6 nitrogen and oxygen atoms in total. The van der Waals surface area contributed by atoms with Crippen molar-refractivity contribution in [3.8, 4) is 0 Å². The Hall–Kier alpha value is -1.28. The maximum Gasteiger partial charge on any atom is 0.374 e. The van der Waals surface area contributed by atoms with Gasteiger partial charge in [-0.2, -0.15) is 12.7 Å². The van der Waals surface area contributed by atoms with Crippen LogP contribution in [0.5, 0.6) is 0 Å². The molecule has 0 aliphatic carbocycles. The van der Waals surface area contributed by atoms with Gasteiger partial charge in [-0.1, -0.05) is 3.89 Å². The maximum atomic E-state index is 12.8. The molecule has 17 heavy (non-hydrogen) atoms. The minimum atomic E-state index is -4.59. The van der Waals surface area contributed by atoms with Crippen LogP contribution < -0.4 is 4.90 Å². The lowest BCUT2D eigenvalue weighted by Crippen LogP contribution is -2.53. The maximum absolute atomic E-state index is 12.8. The molecule has 8 heteroatoms. The molecule has 1 atom stereocenters. The number of aromatic nitrogens is 2. The van der Waals surface area contributed by atoms with Crippen molar-refractivity contribution in [1.29, 1.82) is 0 Å². The van der Waals surface area contributed by atoms with Gasteiger partial charge in [0.05, 0.1) is 6.20 Å². The summed E-state index contributed by atoms with van der Waals surface area (Å²) < 4.78 is 35.2. The third kappa shape index (κ3) is 2.70. The van der Waals surface area contributed by atoms with Gasteiger partial charge >= 0.3 is 10.4 Å². The van der Waals surface area contributed by atoms with E-state index >= 15 is 0 Å². The smallest absolute Gasteiger partial charge is 0.350 e. The highest BCUT2D eigenvalue weighted by atomic mass is 32.3. The summed E-state index contributed by atoms with van der Waals surface area (Å²) in [5.74, 6) is 0.677. The second kappa shape index (κ2) is 4.53. The van der Waals surface area contributed by atoms with Crippen LogP contribution in [0.4, 0.5) is 9.70 Å². The van der Waals surface area contributed by atoms with Crippen LogP contribution >= 0.6 is 0 Å². The van der Waals surface area contributed by atoms with Gasteiger partial charge < -0.3 is 4.90 Å². The van der Waals surface area contributed by atoms with Crippen molar-refractivity contribution in [2.45, 2.75) is 13.0 Å². The third-order valence-corrected chi connectivity index (χ3v) is 3.69. The molecule has 0 aromatic carbocycles. The molecule has 1 aliphatic rings. The highest BCUT2D eigenvalue weighted by Crippen LogP contribution is 2.19. The lowest BCUT2D eigenvalue weighted by atomic mass is 10.2. The molecular formula is C9H13FN4O2S. The van der Waals surface area contributed by atoms with Crippen LogP contribution in [-0.4, -0.2) is 48.4 Å². The average molecular weight is 260 g/mol. The van der Waals surface area contributed by atoms with E-state index in [2.05, 4.69) is 9.97 Å². The SMILES string of the molecule is CC1CN(S(=O)(=O)F)CCN1c1cnccn1. The minimum absolute atomic E-state index is 0.120. The number of piperazine rings is 1. The molecule has 2 rings (SSSR count). The van der Waals surface area contributed by atoms with Crippen molar-refractivity contribution in [3.63, 3.8) is 0 Å². The predicted molar refractivity (Wildman–Crippen MR) is 60.4 cm³/mol. The molecule has 1 saturated heterocycles. The van der Waals surface area contributed by atoms with Gasteiger partial charge in [0, 0.05) is 38.1 Å². The largest absolute Gasteiger partial charge is 0.374 e. The van der Waals surface area contributed by atoms with E-state index in [1.807, 2.05) is 11.8 Å². The second-order valence-electron chi connectivity index (χ2n) is 3.91. The predicted octanol–water partition coefficient (Wildman–Crippen LogP) is 0.201. The zero-order chi connectivity index (χ0) is 12.5. The van der Waals surface area contributed by atoms with Crippen LogP contribution in [0.3, 0.4) is 0 Å². The van der Waals surface area contributed by atoms with Crippen LogP contribution in [0.2, 0.25) is 0 Å². The number of halogens is 1. The summed E-state index contributed by atoms with van der Waals surface area (Å²) in [7, 11) is -4.59. The van der Waals surface area contributed by atoms with Crippen molar-refractivity contribution >= 4 is 16.2 Å². The van der Waals surface area contributed by atoms with Gasteiger partial charge in [0.2, 0.25) is 0 Å².